The van der Waals surface area contributed by atoms with E-state index in [-0.39, 0.29) is 0 Å². The van der Waals surface area contributed by atoms with Crippen LogP contribution in [0.3, 0.4) is 0 Å². The second-order valence-electron chi connectivity index (χ2n) is 7.24. The number of amides is 2. The molecule has 0 radical (unpaired) electrons. The Balaban J connectivity index is 1.58. The van der Waals surface area contributed by atoms with Crippen molar-refractivity contribution in [1.29, 1.82) is 0 Å². The molecule has 0 heterocycles. The Morgan fingerprint density at radius 3 is 2.41 bits per heavy atom. The van der Waals surface area contributed by atoms with Gasteiger partial charge in [0.2, 0.25) is 0 Å². The Morgan fingerprint density at radius 2 is 1.71 bits per heavy atom. The number of hydrazone groups is 1. The van der Waals surface area contributed by atoms with E-state index in [0.717, 1.165) is 11.1 Å². The van der Waals surface area contributed by atoms with E-state index >= 15 is 0 Å². The van der Waals surface area contributed by atoms with Crippen molar-refractivity contribution in [1.82, 2.24) is 5.43 Å². The number of benzene rings is 3. The van der Waals surface area contributed by atoms with Crippen molar-refractivity contribution in [2.45, 2.75) is 20.5 Å². The van der Waals surface area contributed by atoms with Gasteiger partial charge >= 0.3 is 11.8 Å². The fraction of sp³-hybridized carbons (Fsp3) is 0.192. The van der Waals surface area contributed by atoms with E-state index in [0.29, 0.717) is 41.7 Å². The topological polar surface area (TPSA) is 98.2 Å². The first-order valence-electron chi connectivity index (χ1n) is 10.7. The largest absolute Gasteiger partial charge is 0.497 e. The number of rotatable bonds is 9. The average molecular weight is 462 g/mol. The lowest BCUT2D eigenvalue weighted by Crippen LogP contribution is -2.32. The molecule has 0 aromatic heterocycles. The molecule has 3 aromatic rings. The molecular weight excluding hydrogens is 434 g/mol. The minimum absolute atomic E-state index is 0.416. The van der Waals surface area contributed by atoms with E-state index in [9.17, 15) is 9.59 Å². The number of ether oxygens (including phenoxy) is 3. The highest BCUT2D eigenvalue weighted by Gasteiger charge is 2.13. The summed E-state index contributed by atoms with van der Waals surface area (Å²) in [6.07, 6.45) is 1.42. The van der Waals surface area contributed by atoms with E-state index in [4.69, 9.17) is 14.2 Å². The Bertz CT molecular complexity index is 1160. The number of anilines is 1. The molecule has 2 N–H and O–H groups in total. The van der Waals surface area contributed by atoms with Crippen LogP contribution in [0, 0.1) is 6.92 Å². The second kappa shape index (κ2) is 12.1. The molecule has 0 atom stereocenters. The predicted octanol–water partition coefficient (Wildman–Crippen LogP) is 4.07. The summed E-state index contributed by atoms with van der Waals surface area (Å²) >= 11 is 0. The maximum absolute atomic E-state index is 12.0. The number of carbonyl (C=O) groups is 2. The lowest BCUT2D eigenvalue weighted by molar-refractivity contribution is -0.136. The van der Waals surface area contributed by atoms with Crippen molar-refractivity contribution < 1.29 is 23.8 Å². The fourth-order valence-electron chi connectivity index (χ4n) is 3.00. The van der Waals surface area contributed by atoms with Gasteiger partial charge in [-0.2, -0.15) is 5.10 Å². The molecule has 8 heteroatoms. The zero-order valence-corrected chi connectivity index (χ0v) is 19.3. The molecule has 2 amide bonds. The normalized spacial score (nSPS) is 10.6. The minimum Gasteiger partial charge on any atom is -0.497 e. The van der Waals surface area contributed by atoms with E-state index < -0.39 is 11.8 Å². The maximum atomic E-state index is 12.0. The van der Waals surface area contributed by atoms with Gasteiger partial charge in [-0.05, 0) is 73.0 Å². The molecule has 0 aliphatic heterocycles. The number of hydrogen-bond acceptors (Lipinski definition) is 6. The van der Waals surface area contributed by atoms with Crippen LogP contribution in [-0.4, -0.2) is 31.7 Å². The van der Waals surface area contributed by atoms with E-state index in [1.807, 2.05) is 38.1 Å². The molecule has 3 rings (SSSR count). The zero-order chi connectivity index (χ0) is 24.3. The molecule has 176 valence electrons. The van der Waals surface area contributed by atoms with Crippen LogP contribution < -0.4 is 25.0 Å². The van der Waals surface area contributed by atoms with Gasteiger partial charge in [0, 0.05) is 5.69 Å². The highest BCUT2D eigenvalue weighted by Crippen LogP contribution is 2.29. The van der Waals surface area contributed by atoms with Crippen LogP contribution in [0.15, 0.2) is 71.8 Å². The molecule has 0 aliphatic carbocycles. The van der Waals surface area contributed by atoms with Crippen molar-refractivity contribution in [3.63, 3.8) is 0 Å². The number of hydrogen-bond donors (Lipinski definition) is 2. The number of methoxy groups -OCH3 is 1. The highest BCUT2D eigenvalue weighted by molar-refractivity contribution is 6.39. The molecular formula is C26H27N3O5. The van der Waals surface area contributed by atoms with Crippen LogP contribution in [0.4, 0.5) is 5.69 Å². The van der Waals surface area contributed by atoms with Crippen LogP contribution in [-0.2, 0) is 16.2 Å². The van der Waals surface area contributed by atoms with Crippen LogP contribution in [0.1, 0.15) is 23.6 Å². The van der Waals surface area contributed by atoms with Crippen LogP contribution in [0.2, 0.25) is 0 Å². The van der Waals surface area contributed by atoms with Crippen LogP contribution in [0.5, 0.6) is 17.2 Å². The van der Waals surface area contributed by atoms with Crippen LogP contribution >= 0.6 is 0 Å². The lowest BCUT2D eigenvalue weighted by Gasteiger charge is -2.13. The molecule has 0 saturated carbocycles. The quantitative estimate of drug-likeness (QED) is 0.284. The molecule has 0 unspecified atom stereocenters. The van der Waals surface area contributed by atoms with Gasteiger partial charge in [-0.15, -0.1) is 0 Å². The first kappa shape index (κ1) is 24.3. The van der Waals surface area contributed by atoms with E-state index in [2.05, 4.69) is 15.8 Å². The lowest BCUT2D eigenvalue weighted by atomic mass is 10.1. The molecule has 3 aromatic carbocycles. The Hall–Kier alpha value is -4.33. The maximum Gasteiger partial charge on any atom is 0.329 e. The summed E-state index contributed by atoms with van der Waals surface area (Å²) < 4.78 is 16.7. The second-order valence-corrected chi connectivity index (χ2v) is 7.24. The monoisotopic (exact) mass is 461 g/mol. The number of carbonyl (C=O) groups excluding carboxylic acids is 2. The third kappa shape index (κ3) is 6.83. The van der Waals surface area contributed by atoms with Crippen molar-refractivity contribution in [3.8, 4) is 17.2 Å². The average Bonchev–Trinajstić information content (AvgIpc) is 2.85. The van der Waals surface area contributed by atoms with Gasteiger partial charge in [0.1, 0.15) is 12.4 Å². The molecule has 0 bridgehead atoms. The SMILES string of the molecule is CCOc1cc(/C=N/NC(=O)C(=O)Nc2ccc(OC)cc2)ccc1OCc1ccccc1C. The fourth-order valence-corrected chi connectivity index (χ4v) is 3.00. The number of nitrogens with one attached hydrogen (secondary N) is 2. The molecule has 0 aliphatic rings. The van der Waals surface area contributed by atoms with Gasteiger partial charge in [-0.25, -0.2) is 5.43 Å². The predicted molar refractivity (Wildman–Crippen MR) is 130 cm³/mol. The first-order valence-corrected chi connectivity index (χ1v) is 10.7. The third-order valence-corrected chi connectivity index (χ3v) is 4.85. The van der Waals surface area contributed by atoms with Crippen LogP contribution in [0.25, 0.3) is 0 Å². The summed E-state index contributed by atoms with van der Waals surface area (Å²) in [5, 5.41) is 6.36. The van der Waals surface area contributed by atoms with E-state index in [1.54, 1.807) is 49.6 Å². The van der Waals surface area contributed by atoms with Gasteiger partial charge < -0.3 is 19.5 Å². The van der Waals surface area contributed by atoms with Crippen molar-refractivity contribution >= 4 is 23.7 Å². The highest BCUT2D eigenvalue weighted by atomic mass is 16.5. The van der Waals surface area contributed by atoms with Crippen molar-refractivity contribution in [3.05, 3.63) is 83.4 Å². The summed E-state index contributed by atoms with van der Waals surface area (Å²) in [6.45, 7) is 4.80. The number of nitrogens with zero attached hydrogens (tertiary/aromatic N) is 1. The summed E-state index contributed by atoms with van der Waals surface area (Å²) in [5.41, 5.74) is 5.59. The van der Waals surface area contributed by atoms with Gasteiger partial charge in [-0.1, -0.05) is 24.3 Å². The van der Waals surface area contributed by atoms with Gasteiger partial charge in [-0.3, -0.25) is 9.59 Å². The summed E-state index contributed by atoms with van der Waals surface area (Å²) in [6, 6.07) is 19.9. The first-order chi connectivity index (χ1) is 16.5. The summed E-state index contributed by atoms with van der Waals surface area (Å²) in [4.78, 5) is 24.1. The standard InChI is InChI=1S/C26H27N3O5/c1-4-33-24-15-19(9-14-23(24)34-17-20-8-6-5-7-18(20)2)16-27-29-26(31)25(30)28-21-10-12-22(32-3)13-11-21/h5-16H,4,17H2,1-3H3,(H,28,30)(H,29,31)/b27-16+. The Morgan fingerprint density at radius 1 is 0.941 bits per heavy atom. The third-order valence-electron chi connectivity index (χ3n) is 4.85. The van der Waals surface area contributed by atoms with Crippen molar-refractivity contribution in [2.24, 2.45) is 5.10 Å². The summed E-state index contributed by atoms with van der Waals surface area (Å²) in [5.74, 6) is 0.0754. The van der Waals surface area contributed by atoms with Crippen molar-refractivity contribution in [2.75, 3.05) is 19.0 Å². The molecule has 0 saturated heterocycles. The minimum atomic E-state index is -0.893. The van der Waals surface area contributed by atoms with Gasteiger partial charge in [0.05, 0.1) is 19.9 Å². The van der Waals surface area contributed by atoms with Gasteiger partial charge in [0.15, 0.2) is 11.5 Å². The molecule has 8 nitrogen and oxygen atoms in total. The summed E-state index contributed by atoms with van der Waals surface area (Å²) in [7, 11) is 1.54. The Labute approximate surface area is 198 Å². The molecule has 0 spiro atoms. The van der Waals surface area contributed by atoms with Gasteiger partial charge in [0.25, 0.3) is 0 Å². The number of aryl methyl sites for hydroxylation is 1. The zero-order valence-electron chi connectivity index (χ0n) is 19.3. The molecule has 34 heavy (non-hydrogen) atoms. The Kier molecular flexibility index (Phi) is 8.62. The van der Waals surface area contributed by atoms with E-state index in [1.165, 1.54) is 6.21 Å². The molecule has 0 fully saturated rings. The smallest absolute Gasteiger partial charge is 0.329 e.